The van der Waals surface area contributed by atoms with Crippen LogP contribution in [-0.4, -0.2) is 33.0 Å². The van der Waals surface area contributed by atoms with Gasteiger partial charge in [-0.2, -0.15) is 0 Å². The molecule has 0 bridgehead atoms. The van der Waals surface area contributed by atoms with Gasteiger partial charge in [0, 0.05) is 25.1 Å². The monoisotopic (exact) mass is 286 g/mol. The van der Waals surface area contributed by atoms with Crippen molar-refractivity contribution in [2.45, 2.75) is 18.8 Å². The van der Waals surface area contributed by atoms with Crippen molar-refractivity contribution in [1.29, 1.82) is 0 Å². The summed E-state index contributed by atoms with van der Waals surface area (Å²) in [7, 11) is 0. The van der Waals surface area contributed by atoms with Crippen molar-refractivity contribution in [3.63, 3.8) is 0 Å². The van der Waals surface area contributed by atoms with Gasteiger partial charge in [-0.25, -0.2) is 4.98 Å². The number of rotatable bonds is 3. The van der Waals surface area contributed by atoms with Gasteiger partial charge < -0.3 is 9.30 Å². The van der Waals surface area contributed by atoms with Crippen LogP contribution in [0.25, 0.3) is 11.2 Å². The van der Waals surface area contributed by atoms with Crippen LogP contribution >= 0.6 is 23.2 Å². The maximum absolute atomic E-state index is 5.93. The largest absolute Gasteiger partial charge is 0.381 e. The summed E-state index contributed by atoms with van der Waals surface area (Å²) in [5, 5.41) is 8.33. The first-order valence-corrected chi connectivity index (χ1v) is 6.71. The smallest absolute Gasteiger partial charge is 0.182 e. The van der Waals surface area contributed by atoms with Crippen molar-refractivity contribution in [2.75, 3.05) is 13.2 Å². The fourth-order valence-corrected chi connectivity index (χ4v) is 2.57. The van der Waals surface area contributed by atoms with Crippen LogP contribution in [0.1, 0.15) is 12.2 Å². The van der Waals surface area contributed by atoms with Gasteiger partial charge in [0.15, 0.2) is 10.8 Å². The lowest BCUT2D eigenvalue weighted by molar-refractivity contribution is 0.182. The third kappa shape index (κ3) is 2.18. The quantitative estimate of drug-likeness (QED) is 0.812. The van der Waals surface area contributed by atoms with Crippen LogP contribution in [0.4, 0.5) is 0 Å². The Labute approximate surface area is 114 Å². The molecule has 3 rings (SSSR count). The minimum atomic E-state index is 0.345. The molecular formula is C11H12Cl2N4O. The molecule has 5 nitrogen and oxygen atoms in total. The second kappa shape index (κ2) is 4.99. The topological polar surface area (TPSA) is 52.8 Å². The van der Waals surface area contributed by atoms with Crippen molar-refractivity contribution in [2.24, 2.45) is 5.92 Å². The predicted molar refractivity (Wildman–Crippen MR) is 68.8 cm³/mol. The van der Waals surface area contributed by atoms with E-state index in [-0.39, 0.29) is 0 Å². The lowest BCUT2D eigenvalue weighted by Crippen LogP contribution is -2.13. The molecule has 1 saturated heterocycles. The molecule has 2 aromatic rings. The van der Waals surface area contributed by atoms with E-state index in [9.17, 15) is 0 Å². The number of hydrogen-bond donors (Lipinski definition) is 0. The molecule has 0 radical (unpaired) electrons. The Balaban J connectivity index is 2.01. The van der Waals surface area contributed by atoms with Crippen LogP contribution in [0.3, 0.4) is 0 Å². The Hall–Kier alpha value is -0.910. The summed E-state index contributed by atoms with van der Waals surface area (Å²) < 4.78 is 7.41. The Kier molecular flexibility index (Phi) is 3.37. The van der Waals surface area contributed by atoms with Gasteiger partial charge in [-0.3, -0.25) is 0 Å². The van der Waals surface area contributed by atoms with Crippen LogP contribution in [-0.2, 0) is 17.2 Å². The molecule has 0 unspecified atom stereocenters. The van der Waals surface area contributed by atoms with Gasteiger partial charge in [0.2, 0.25) is 0 Å². The first-order valence-electron chi connectivity index (χ1n) is 5.80. The maximum atomic E-state index is 5.93. The van der Waals surface area contributed by atoms with E-state index in [4.69, 9.17) is 27.9 Å². The number of hydrogen-bond acceptors (Lipinski definition) is 4. The molecule has 0 saturated carbocycles. The van der Waals surface area contributed by atoms with Gasteiger partial charge in [0.1, 0.15) is 11.3 Å². The van der Waals surface area contributed by atoms with Gasteiger partial charge in [0.25, 0.3) is 0 Å². The number of ether oxygens (including phenoxy) is 1. The lowest BCUT2D eigenvalue weighted by Gasteiger charge is -2.11. The number of imidazole rings is 1. The van der Waals surface area contributed by atoms with Crippen LogP contribution in [0.2, 0.25) is 5.15 Å². The van der Waals surface area contributed by atoms with E-state index in [0.29, 0.717) is 17.0 Å². The van der Waals surface area contributed by atoms with Crippen molar-refractivity contribution in [3.05, 3.63) is 17.0 Å². The summed E-state index contributed by atoms with van der Waals surface area (Å²) in [6.07, 6.45) is 1.06. The first kappa shape index (κ1) is 12.1. The average Bonchev–Trinajstić information content (AvgIpc) is 2.97. The molecule has 1 aliphatic rings. The molecule has 7 heteroatoms. The molecule has 1 aliphatic heterocycles. The second-order valence-corrected chi connectivity index (χ2v) is 5.03. The second-order valence-electron chi connectivity index (χ2n) is 4.38. The normalized spacial score (nSPS) is 19.8. The number of fused-ring (bicyclic) bond motifs is 1. The molecule has 0 aromatic carbocycles. The third-order valence-corrected chi connectivity index (χ3v) is 3.55. The zero-order chi connectivity index (χ0) is 12.5. The standard InChI is InChI=1S/C11H12Cl2N4O/c12-4-10-14-8-3-9(13)15-16-11(8)17(10)5-7-1-2-18-6-7/h3,7H,1-2,4-6H2/t7-/m1/s1. The molecule has 1 fully saturated rings. The van der Waals surface area contributed by atoms with Gasteiger partial charge in [-0.05, 0) is 6.42 Å². The minimum Gasteiger partial charge on any atom is -0.381 e. The highest BCUT2D eigenvalue weighted by molar-refractivity contribution is 6.29. The maximum Gasteiger partial charge on any atom is 0.182 e. The van der Waals surface area contributed by atoms with Crippen LogP contribution < -0.4 is 0 Å². The highest BCUT2D eigenvalue weighted by atomic mass is 35.5. The van der Waals surface area contributed by atoms with Crippen LogP contribution in [0.15, 0.2) is 6.07 Å². The molecule has 1 atom stereocenters. The van der Waals surface area contributed by atoms with Crippen molar-refractivity contribution in [3.8, 4) is 0 Å². The Morgan fingerprint density at radius 2 is 2.33 bits per heavy atom. The van der Waals surface area contributed by atoms with E-state index in [1.54, 1.807) is 6.07 Å². The molecule has 0 amide bonds. The SMILES string of the molecule is ClCc1nc2cc(Cl)nnc2n1C[C@H]1CCOC1. The number of halogens is 2. The predicted octanol–water partition coefficient (Wildman–Crippen LogP) is 2.25. The van der Waals surface area contributed by atoms with Crippen molar-refractivity contribution >= 4 is 34.4 Å². The first-order chi connectivity index (χ1) is 8.78. The lowest BCUT2D eigenvalue weighted by atomic mass is 10.1. The summed E-state index contributed by atoms with van der Waals surface area (Å²) in [6.45, 7) is 2.42. The fourth-order valence-electron chi connectivity index (χ4n) is 2.23. The zero-order valence-electron chi connectivity index (χ0n) is 9.64. The number of alkyl halides is 1. The zero-order valence-corrected chi connectivity index (χ0v) is 11.2. The molecule has 3 heterocycles. The summed E-state index contributed by atoms with van der Waals surface area (Å²) in [6, 6.07) is 1.71. The molecule has 18 heavy (non-hydrogen) atoms. The molecule has 0 aliphatic carbocycles. The van der Waals surface area contributed by atoms with Gasteiger partial charge in [0.05, 0.1) is 12.5 Å². The highest BCUT2D eigenvalue weighted by Gasteiger charge is 2.20. The van der Waals surface area contributed by atoms with Crippen molar-refractivity contribution < 1.29 is 4.74 Å². The van der Waals surface area contributed by atoms with Crippen LogP contribution in [0.5, 0.6) is 0 Å². The molecule has 0 N–H and O–H groups in total. The summed E-state index contributed by atoms with van der Waals surface area (Å²) in [5.74, 6) is 1.64. The Morgan fingerprint density at radius 3 is 3.06 bits per heavy atom. The van der Waals surface area contributed by atoms with E-state index < -0.39 is 0 Å². The summed E-state index contributed by atoms with van der Waals surface area (Å²) in [5.41, 5.74) is 1.48. The number of aromatic nitrogens is 4. The van der Waals surface area contributed by atoms with Crippen molar-refractivity contribution in [1.82, 2.24) is 19.7 Å². The van der Waals surface area contributed by atoms with E-state index in [1.165, 1.54) is 0 Å². The van der Waals surface area contributed by atoms with E-state index in [2.05, 4.69) is 15.2 Å². The minimum absolute atomic E-state index is 0.345. The average molecular weight is 287 g/mol. The summed E-state index contributed by atoms with van der Waals surface area (Å²) >= 11 is 11.8. The Morgan fingerprint density at radius 1 is 1.44 bits per heavy atom. The molecule has 2 aromatic heterocycles. The Bertz CT molecular complexity index is 565. The molecule has 0 spiro atoms. The van der Waals surface area contributed by atoms with E-state index in [0.717, 1.165) is 43.2 Å². The summed E-state index contributed by atoms with van der Waals surface area (Å²) in [4.78, 5) is 4.44. The highest BCUT2D eigenvalue weighted by Crippen LogP contribution is 2.22. The number of nitrogens with zero attached hydrogens (tertiary/aromatic N) is 4. The molecule has 96 valence electrons. The van der Waals surface area contributed by atoms with Gasteiger partial charge >= 0.3 is 0 Å². The van der Waals surface area contributed by atoms with Gasteiger partial charge in [-0.1, -0.05) is 11.6 Å². The fraction of sp³-hybridized carbons (Fsp3) is 0.545. The van der Waals surface area contributed by atoms with Crippen LogP contribution in [0, 0.1) is 5.92 Å². The van der Waals surface area contributed by atoms with Gasteiger partial charge in [-0.15, -0.1) is 21.8 Å². The van der Waals surface area contributed by atoms with E-state index >= 15 is 0 Å². The molecular weight excluding hydrogens is 275 g/mol. The third-order valence-electron chi connectivity index (χ3n) is 3.13. The van der Waals surface area contributed by atoms with E-state index in [1.807, 2.05) is 4.57 Å².